The molecule has 0 aromatic heterocycles. The van der Waals surface area contributed by atoms with Crippen LogP contribution in [-0.4, -0.2) is 47.4 Å². The third-order valence-corrected chi connectivity index (χ3v) is 6.30. The molecule has 7 heteroatoms. The van der Waals surface area contributed by atoms with E-state index in [1.54, 1.807) is 12.0 Å². The molecule has 31 heavy (non-hydrogen) atoms. The first-order valence-corrected chi connectivity index (χ1v) is 11.3. The molecule has 164 valence electrons. The number of amides is 2. The second-order valence-electron chi connectivity index (χ2n) is 7.69. The number of aliphatic imine (C=N–C) groups is 1. The van der Waals surface area contributed by atoms with Crippen LogP contribution in [-0.2, 0) is 14.3 Å². The summed E-state index contributed by atoms with van der Waals surface area (Å²) in [5, 5.41) is 3.10. The first-order chi connectivity index (χ1) is 14.9. The lowest BCUT2D eigenvalue weighted by Crippen LogP contribution is -2.34. The minimum Gasteiger partial charge on any atom is -0.385 e. The van der Waals surface area contributed by atoms with Gasteiger partial charge in [0.1, 0.15) is 5.25 Å². The van der Waals surface area contributed by atoms with Crippen LogP contribution in [0.25, 0.3) is 0 Å². The molecule has 1 atom stereocenters. The maximum absolute atomic E-state index is 13.1. The van der Waals surface area contributed by atoms with Crippen molar-refractivity contribution in [2.75, 3.05) is 25.6 Å². The number of carbonyl (C=O) groups is 2. The smallest absolute Gasteiger partial charge is 0.242 e. The quantitative estimate of drug-likeness (QED) is 0.610. The van der Waals surface area contributed by atoms with E-state index in [4.69, 9.17) is 9.73 Å². The van der Waals surface area contributed by atoms with Crippen molar-refractivity contribution in [3.8, 4) is 0 Å². The zero-order valence-electron chi connectivity index (χ0n) is 18.5. The summed E-state index contributed by atoms with van der Waals surface area (Å²) in [6.07, 6.45) is 0.807. The number of ether oxygens (including phenoxy) is 1. The van der Waals surface area contributed by atoms with Gasteiger partial charge in [0, 0.05) is 32.4 Å². The summed E-state index contributed by atoms with van der Waals surface area (Å²) in [6, 6.07) is 13.7. The van der Waals surface area contributed by atoms with E-state index in [9.17, 15) is 9.59 Å². The van der Waals surface area contributed by atoms with Gasteiger partial charge >= 0.3 is 0 Å². The van der Waals surface area contributed by atoms with Gasteiger partial charge in [-0.2, -0.15) is 0 Å². The van der Waals surface area contributed by atoms with Crippen molar-refractivity contribution >= 4 is 40.1 Å². The molecule has 1 aliphatic rings. The molecule has 3 rings (SSSR count). The van der Waals surface area contributed by atoms with E-state index in [-0.39, 0.29) is 18.2 Å². The van der Waals surface area contributed by atoms with Crippen molar-refractivity contribution in [1.29, 1.82) is 0 Å². The lowest BCUT2D eigenvalue weighted by molar-refractivity contribution is -0.128. The fraction of sp³-hybridized carbons (Fsp3) is 0.375. The summed E-state index contributed by atoms with van der Waals surface area (Å²) < 4.78 is 5.14. The Labute approximate surface area is 188 Å². The molecule has 6 nitrogen and oxygen atoms in total. The number of anilines is 1. The number of rotatable bonds is 8. The molecule has 1 unspecified atom stereocenters. The summed E-state index contributed by atoms with van der Waals surface area (Å²) in [5.41, 5.74) is 4.72. The molecule has 2 aromatic carbocycles. The standard InChI is InChI=1S/C24H29N3O3S/c1-16-10-11-18(3)20(14-16)25-22(28)15-21-23(29)27(12-7-13-30-4)24(31-21)26-19-9-6-5-8-17(19)2/h5-6,8-11,14,21H,7,12-13,15H2,1-4H3,(H,25,28). The van der Waals surface area contributed by atoms with E-state index in [0.717, 1.165) is 28.1 Å². The molecule has 1 aliphatic heterocycles. The minimum absolute atomic E-state index is 0.0791. The Morgan fingerprint density at radius 2 is 1.94 bits per heavy atom. The molecule has 1 N–H and O–H groups in total. The maximum atomic E-state index is 13.1. The van der Waals surface area contributed by atoms with Crippen molar-refractivity contribution in [2.24, 2.45) is 4.99 Å². The first-order valence-electron chi connectivity index (χ1n) is 10.4. The second-order valence-corrected chi connectivity index (χ2v) is 8.86. The lowest BCUT2D eigenvalue weighted by Gasteiger charge is -2.16. The predicted octanol–water partition coefficient (Wildman–Crippen LogP) is 4.61. The third-order valence-electron chi connectivity index (χ3n) is 5.12. The van der Waals surface area contributed by atoms with Gasteiger partial charge in [-0.15, -0.1) is 0 Å². The van der Waals surface area contributed by atoms with Crippen LogP contribution in [0, 0.1) is 20.8 Å². The fourth-order valence-corrected chi connectivity index (χ4v) is 4.51. The van der Waals surface area contributed by atoms with Gasteiger partial charge in [0.05, 0.1) is 5.69 Å². The maximum Gasteiger partial charge on any atom is 0.242 e. The van der Waals surface area contributed by atoms with Crippen LogP contribution in [0.1, 0.15) is 29.5 Å². The van der Waals surface area contributed by atoms with Crippen molar-refractivity contribution in [3.05, 3.63) is 59.2 Å². The number of carbonyl (C=O) groups excluding carboxylic acids is 2. The molecular weight excluding hydrogens is 410 g/mol. The second kappa shape index (κ2) is 10.6. The van der Waals surface area contributed by atoms with E-state index in [0.29, 0.717) is 24.7 Å². The highest BCUT2D eigenvalue weighted by atomic mass is 32.2. The van der Waals surface area contributed by atoms with Crippen LogP contribution in [0.5, 0.6) is 0 Å². The highest BCUT2D eigenvalue weighted by Crippen LogP contribution is 2.33. The molecule has 0 saturated carbocycles. The Kier molecular flexibility index (Phi) is 7.87. The normalized spacial score (nSPS) is 17.4. The van der Waals surface area contributed by atoms with Crippen LogP contribution in [0.2, 0.25) is 0 Å². The van der Waals surface area contributed by atoms with Gasteiger partial charge in [-0.3, -0.25) is 14.5 Å². The number of aryl methyl sites for hydroxylation is 3. The molecule has 0 aliphatic carbocycles. The van der Waals surface area contributed by atoms with Crippen LogP contribution >= 0.6 is 11.8 Å². The monoisotopic (exact) mass is 439 g/mol. The van der Waals surface area contributed by atoms with E-state index in [1.165, 1.54) is 11.8 Å². The van der Waals surface area contributed by atoms with Crippen molar-refractivity contribution in [2.45, 2.75) is 38.9 Å². The highest BCUT2D eigenvalue weighted by Gasteiger charge is 2.39. The third kappa shape index (κ3) is 5.95. The van der Waals surface area contributed by atoms with E-state index < -0.39 is 5.25 Å². The Hall–Kier alpha value is -2.64. The van der Waals surface area contributed by atoms with Gasteiger partial charge in [-0.25, -0.2) is 4.99 Å². The number of methoxy groups -OCH3 is 1. The number of amidine groups is 1. The topological polar surface area (TPSA) is 71.0 Å². The minimum atomic E-state index is -0.490. The number of thioether (sulfide) groups is 1. The van der Waals surface area contributed by atoms with E-state index in [2.05, 4.69) is 5.32 Å². The lowest BCUT2D eigenvalue weighted by atomic mass is 10.1. The molecule has 2 amide bonds. The van der Waals surface area contributed by atoms with Gasteiger partial charge in [0.15, 0.2) is 5.17 Å². The molecule has 1 heterocycles. The zero-order valence-corrected chi connectivity index (χ0v) is 19.3. The summed E-state index contributed by atoms with van der Waals surface area (Å²) in [5.74, 6) is -0.252. The van der Waals surface area contributed by atoms with Crippen LogP contribution in [0.3, 0.4) is 0 Å². The molecule has 2 aromatic rings. The molecule has 1 saturated heterocycles. The Morgan fingerprint density at radius 3 is 2.68 bits per heavy atom. The SMILES string of the molecule is COCCCN1C(=O)C(CC(=O)Nc2cc(C)ccc2C)SC1=Nc1ccccc1C. The number of hydrogen-bond acceptors (Lipinski definition) is 5. The number of para-hydroxylation sites is 1. The number of nitrogens with one attached hydrogen (secondary N) is 1. The summed E-state index contributed by atoms with van der Waals surface area (Å²) >= 11 is 1.36. The highest BCUT2D eigenvalue weighted by molar-refractivity contribution is 8.15. The van der Waals surface area contributed by atoms with Crippen LogP contribution in [0.4, 0.5) is 11.4 Å². The molecule has 0 bridgehead atoms. The van der Waals surface area contributed by atoms with Gasteiger partial charge in [-0.05, 0) is 56.0 Å². The number of hydrogen-bond donors (Lipinski definition) is 1. The van der Waals surface area contributed by atoms with Gasteiger partial charge in [0.25, 0.3) is 0 Å². The summed E-state index contributed by atoms with van der Waals surface area (Å²) in [7, 11) is 1.64. The predicted molar refractivity (Wildman–Crippen MR) is 127 cm³/mol. The number of nitrogens with zero attached hydrogens (tertiary/aromatic N) is 2. The van der Waals surface area contributed by atoms with Crippen molar-refractivity contribution in [3.63, 3.8) is 0 Å². The molecular formula is C24H29N3O3S. The Bertz CT molecular complexity index is 990. The fourth-order valence-electron chi connectivity index (χ4n) is 3.33. The van der Waals surface area contributed by atoms with Crippen LogP contribution in [0.15, 0.2) is 47.5 Å². The van der Waals surface area contributed by atoms with Crippen LogP contribution < -0.4 is 5.32 Å². The van der Waals surface area contributed by atoms with E-state index in [1.807, 2.05) is 63.2 Å². The number of benzene rings is 2. The summed E-state index contributed by atoms with van der Waals surface area (Å²) in [6.45, 7) is 7.00. The van der Waals surface area contributed by atoms with Gasteiger partial charge < -0.3 is 10.1 Å². The summed E-state index contributed by atoms with van der Waals surface area (Å²) in [4.78, 5) is 32.2. The van der Waals surface area contributed by atoms with Crippen molar-refractivity contribution in [1.82, 2.24) is 4.90 Å². The molecule has 1 fully saturated rings. The first kappa shape index (κ1) is 23.0. The van der Waals surface area contributed by atoms with Crippen molar-refractivity contribution < 1.29 is 14.3 Å². The van der Waals surface area contributed by atoms with Gasteiger partial charge in [-0.1, -0.05) is 42.1 Å². The average molecular weight is 440 g/mol. The molecule has 0 radical (unpaired) electrons. The Morgan fingerprint density at radius 1 is 1.16 bits per heavy atom. The average Bonchev–Trinajstić information content (AvgIpc) is 3.01. The zero-order chi connectivity index (χ0) is 22.4. The van der Waals surface area contributed by atoms with E-state index >= 15 is 0 Å². The largest absolute Gasteiger partial charge is 0.385 e. The van der Waals surface area contributed by atoms with Gasteiger partial charge in [0.2, 0.25) is 11.8 Å². The Balaban J connectivity index is 1.76. The molecule has 0 spiro atoms.